The number of benzene rings is 3. The second kappa shape index (κ2) is 12.3. The van der Waals surface area contributed by atoms with Gasteiger partial charge in [0, 0.05) is 22.5 Å². The molecule has 0 aliphatic heterocycles. The Morgan fingerprint density at radius 2 is 1.77 bits per heavy atom. The third kappa shape index (κ3) is 6.30. The molecule has 43 heavy (non-hydrogen) atoms. The summed E-state index contributed by atoms with van der Waals surface area (Å²) in [6, 6.07) is 21.4. The van der Waals surface area contributed by atoms with Gasteiger partial charge in [0.1, 0.15) is 11.9 Å². The lowest BCUT2D eigenvalue weighted by molar-refractivity contribution is 0.0785. The molecule has 0 saturated heterocycles. The van der Waals surface area contributed by atoms with Crippen LogP contribution in [0.3, 0.4) is 0 Å². The summed E-state index contributed by atoms with van der Waals surface area (Å²) in [5.74, 6) is 0.462. The molecule has 2 heterocycles. The van der Waals surface area contributed by atoms with E-state index in [2.05, 4.69) is 9.71 Å². The van der Waals surface area contributed by atoms with Gasteiger partial charge >= 0.3 is 0 Å². The predicted octanol–water partition coefficient (Wildman–Crippen LogP) is 6.28. The summed E-state index contributed by atoms with van der Waals surface area (Å²) in [4.78, 5) is 9.57. The third-order valence-corrected chi connectivity index (χ3v) is 10.4. The van der Waals surface area contributed by atoms with Gasteiger partial charge in [-0.25, -0.2) is 26.3 Å². The molecule has 224 valence electrons. The third-order valence-electron chi connectivity index (χ3n) is 7.08. The lowest BCUT2D eigenvalue weighted by Crippen LogP contribution is -2.30. The largest absolute Gasteiger partial charge is 0.386 e. The molecule has 2 unspecified atom stereocenters. The number of para-hydroxylation sites is 1. The highest BCUT2D eigenvalue weighted by Gasteiger charge is 2.32. The van der Waals surface area contributed by atoms with E-state index in [0.29, 0.717) is 50.6 Å². The van der Waals surface area contributed by atoms with Crippen molar-refractivity contribution in [1.82, 2.24) is 18.7 Å². The molecule has 2 N–H and O–H groups in total. The molecule has 2 aromatic heterocycles. The van der Waals surface area contributed by atoms with E-state index in [0.717, 1.165) is 5.56 Å². The number of aliphatic hydroxyl groups is 1. The van der Waals surface area contributed by atoms with Crippen molar-refractivity contribution in [3.8, 4) is 11.3 Å². The van der Waals surface area contributed by atoms with Crippen LogP contribution in [-0.2, 0) is 26.6 Å². The van der Waals surface area contributed by atoms with Gasteiger partial charge in [-0.3, -0.25) is 4.98 Å². The molecule has 0 radical (unpaired) electrons. The van der Waals surface area contributed by atoms with Crippen molar-refractivity contribution >= 4 is 43.6 Å². The van der Waals surface area contributed by atoms with Gasteiger partial charge in [-0.1, -0.05) is 66.6 Å². The number of nitrogens with one attached hydrogen (secondary N) is 1. The molecule has 0 aliphatic carbocycles. The normalized spacial score (nSPS) is 13.7. The summed E-state index contributed by atoms with van der Waals surface area (Å²) in [5, 5.41) is 11.0. The van der Waals surface area contributed by atoms with Gasteiger partial charge in [0.25, 0.3) is 10.0 Å². The van der Waals surface area contributed by atoms with Gasteiger partial charge in [-0.15, -0.1) is 0 Å². The van der Waals surface area contributed by atoms with Gasteiger partial charge in [-0.05, 0) is 74.7 Å². The minimum absolute atomic E-state index is 0.0822. The SMILES string of the molecule is CCCS(=O)NC(c1ccccc1Cl)c1nc2c(-c3cc(C(C)(C)O)ccn3)cccc2n1S(=O)(=O)c1ccc(C)cc1. The minimum Gasteiger partial charge on any atom is -0.386 e. The van der Waals surface area contributed by atoms with Crippen LogP contribution in [0.15, 0.2) is 90.0 Å². The molecule has 5 aromatic rings. The van der Waals surface area contributed by atoms with Crippen molar-refractivity contribution in [2.75, 3.05) is 5.75 Å². The molecule has 0 fully saturated rings. The smallest absolute Gasteiger partial charge is 0.269 e. The first-order chi connectivity index (χ1) is 20.4. The fraction of sp³-hybridized carbons (Fsp3) is 0.250. The van der Waals surface area contributed by atoms with Crippen LogP contribution >= 0.6 is 11.6 Å². The highest BCUT2D eigenvalue weighted by molar-refractivity contribution is 7.90. The van der Waals surface area contributed by atoms with E-state index < -0.39 is 32.7 Å². The van der Waals surface area contributed by atoms with Crippen LogP contribution in [0, 0.1) is 6.92 Å². The van der Waals surface area contributed by atoms with Crippen molar-refractivity contribution in [3.63, 3.8) is 0 Å². The number of aromatic nitrogens is 3. The lowest BCUT2D eigenvalue weighted by Gasteiger charge is -2.21. The van der Waals surface area contributed by atoms with Gasteiger partial charge in [0.15, 0.2) is 0 Å². The summed E-state index contributed by atoms with van der Waals surface area (Å²) >= 11 is 6.66. The summed E-state index contributed by atoms with van der Waals surface area (Å²) < 4.78 is 46.4. The van der Waals surface area contributed by atoms with E-state index in [4.69, 9.17) is 16.6 Å². The van der Waals surface area contributed by atoms with E-state index in [-0.39, 0.29) is 10.7 Å². The van der Waals surface area contributed by atoms with E-state index in [1.807, 2.05) is 19.9 Å². The minimum atomic E-state index is -4.20. The fourth-order valence-electron chi connectivity index (χ4n) is 4.85. The number of rotatable bonds is 10. The number of fused-ring (bicyclic) bond motifs is 1. The zero-order valence-corrected chi connectivity index (χ0v) is 26.7. The van der Waals surface area contributed by atoms with Crippen LogP contribution < -0.4 is 4.72 Å². The molecule has 0 saturated carbocycles. The Morgan fingerprint density at radius 3 is 2.44 bits per heavy atom. The van der Waals surface area contributed by atoms with Crippen LogP contribution in [0.4, 0.5) is 0 Å². The van der Waals surface area contributed by atoms with E-state index >= 15 is 0 Å². The average Bonchev–Trinajstić information content (AvgIpc) is 3.37. The fourth-order valence-corrected chi connectivity index (χ4v) is 7.57. The summed E-state index contributed by atoms with van der Waals surface area (Å²) in [5.41, 5.74) is 2.78. The maximum atomic E-state index is 14.4. The summed E-state index contributed by atoms with van der Waals surface area (Å²) in [6.07, 6.45) is 2.25. The average molecular weight is 637 g/mol. The van der Waals surface area contributed by atoms with Crippen LogP contribution in [0.2, 0.25) is 5.02 Å². The van der Waals surface area contributed by atoms with E-state index in [9.17, 15) is 17.7 Å². The quantitative estimate of drug-likeness (QED) is 0.187. The molecule has 0 aliphatic rings. The topological polar surface area (TPSA) is 114 Å². The molecular formula is C32H33ClN4O4S2. The summed E-state index contributed by atoms with van der Waals surface area (Å²) in [7, 11) is -5.72. The van der Waals surface area contributed by atoms with Crippen LogP contribution in [-0.4, -0.2) is 37.4 Å². The highest BCUT2D eigenvalue weighted by atomic mass is 35.5. The summed E-state index contributed by atoms with van der Waals surface area (Å²) in [6.45, 7) is 7.17. The second-order valence-corrected chi connectivity index (χ2v) is 14.4. The van der Waals surface area contributed by atoms with Crippen molar-refractivity contribution in [1.29, 1.82) is 0 Å². The zero-order valence-electron chi connectivity index (χ0n) is 24.3. The van der Waals surface area contributed by atoms with Crippen molar-refractivity contribution < 1.29 is 17.7 Å². The Kier molecular flexibility index (Phi) is 8.87. The Labute approximate surface area is 259 Å². The number of aryl methyl sites for hydroxylation is 1. The van der Waals surface area contributed by atoms with Gasteiger partial charge in [-0.2, -0.15) is 0 Å². The van der Waals surface area contributed by atoms with Crippen molar-refractivity contribution in [3.05, 3.63) is 113 Å². The molecular weight excluding hydrogens is 604 g/mol. The first kappa shape index (κ1) is 31.0. The van der Waals surface area contributed by atoms with Crippen LogP contribution in [0.25, 0.3) is 22.3 Å². The maximum Gasteiger partial charge on any atom is 0.269 e. The molecule has 0 amide bonds. The number of pyridine rings is 1. The predicted molar refractivity (Wildman–Crippen MR) is 172 cm³/mol. The number of hydrogen-bond acceptors (Lipinski definition) is 6. The molecule has 11 heteroatoms. The Morgan fingerprint density at radius 1 is 1.05 bits per heavy atom. The number of halogens is 1. The number of hydrogen-bond donors (Lipinski definition) is 2. The van der Waals surface area contributed by atoms with Crippen molar-refractivity contribution in [2.45, 2.75) is 50.7 Å². The first-order valence-electron chi connectivity index (χ1n) is 13.8. The van der Waals surface area contributed by atoms with Gasteiger partial charge in [0.2, 0.25) is 0 Å². The van der Waals surface area contributed by atoms with Crippen LogP contribution in [0.1, 0.15) is 55.7 Å². The zero-order chi connectivity index (χ0) is 30.9. The molecule has 0 bridgehead atoms. The Bertz CT molecular complexity index is 1920. The Hall–Kier alpha value is -3.41. The molecule has 3 aromatic carbocycles. The second-order valence-electron chi connectivity index (χ2n) is 10.8. The molecule has 5 rings (SSSR count). The Balaban J connectivity index is 1.85. The number of nitrogens with zero attached hydrogens (tertiary/aromatic N) is 3. The number of imidazole rings is 1. The van der Waals surface area contributed by atoms with Gasteiger partial charge in [0.05, 0.1) is 38.2 Å². The molecule has 8 nitrogen and oxygen atoms in total. The monoisotopic (exact) mass is 636 g/mol. The molecule has 2 atom stereocenters. The van der Waals surface area contributed by atoms with E-state index in [1.54, 1.807) is 92.8 Å². The molecule has 0 spiro atoms. The van der Waals surface area contributed by atoms with Crippen molar-refractivity contribution in [2.24, 2.45) is 0 Å². The standard InChI is InChI=1S/C32H33ClN4O4S2/c1-5-19-42(39)36-30(24-9-6-7-11-26(24)33)31-35-29-25(27-20-22(17-18-34-27)32(3,4)38)10-8-12-28(29)37(31)43(40,41)23-15-13-21(2)14-16-23/h6-18,20,30,36,38H,5,19H2,1-4H3. The maximum absolute atomic E-state index is 14.4. The van der Waals surface area contributed by atoms with Gasteiger partial charge < -0.3 is 5.11 Å². The highest BCUT2D eigenvalue weighted by Crippen LogP contribution is 2.36. The lowest BCUT2D eigenvalue weighted by atomic mass is 9.97. The van der Waals surface area contributed by atoms with E-state index in [1.165, 1.54) is 3.97 Å². The first-order valence-corrected chi connectivity index (χ1v) is 17.0. The van der Waals surface area contributed by atoms with Crippen LogP contribution in [0.5, 0.6) is 0 Å².